The Morgan fingerprint density at radius 3 is 2.54 bits per heavy atom. The van der Waals surface area contributed by atoms with Crippen LogP contribution in [0.15, 0.2) is 44.2 Å². The SMILES string of the molecule is CC(=O)Nc1onc(C)c1-c1ccc(C)c(S(=O)(=O)NCc2ccc(C)o2)c1. The van der Waals surface area contributed by atoms with Gasteiger partial charge in [0.05, 0.1) is 22.7 Å². The summed E-state index contributed by atoms with van der Waals surface area (Å²) < 4.78 is 38.8. The fraction of sp³-hybridized carbons (Fsp3) is 0.263. The molecule has 0 unspecified atom stereocenters. The van der Waals surface area contributed by atoms with E-state index >= 15 is 0 Å². The van der Waals surface area contributed by atoms with Crippen molar-refractivity contribution in [2.75, 3.05) is 5.32 Å². The molecule has 0 fully saturated rings. The predicted octanol–water partition coefficient (Wildman–Crippen LogP) is 3.30. The van der Waals surface area contributed by atoms with Crippen LogP contribution < -0.4 is 10.0 Å². The highest BCUT2D eigenvalue weighted by atomic mass is 32.2. The highest BCUT2D eigenvalue weighted by Crippen LogP contribution is 2.33. The number of hydrogen-bond acceptors (Lipinski definition) is 6. The third kappa shape index (κ3) is 4.15. The number of carbonyl (C=O) groups excluding carboxylic acids is 1. The summed E-state index contributed by atoms with van der Waals surface area (Å²) in [5, 5.41) is 6.44. The van der Waals surface area contributed by atoms with E-state index in [0.29, 0.717) is 33.9 Å². The molecule has 0 saturated carbocycles. The van der Waals surface area contributed by atoms with E-state index in [-0.39, 0.29) is 23.2 Å². The average molecular weight is 403 g/mol. The first-order chi connectivity index (χ1) is 13.2. The summed E-state index contributed by atoms with van der Waals surface area (Å²) in [5.74, 6) is 1.10. The Kier molecular flexibility index (Phi) is 5.39. The Hall–Kier alpha value is -2.91. The Balaban J connectivity index is 1.95. The molecule has 0 atom stereocenters. The maximum absolute atomic E-state index is 12.8. The van der Waals surface area contributed by atoms with Crippen LogP contribution in [0, 0.1) is 20.8 Å². The zero-order valence-electron chi connectivity index (χ0n) is 16.0. The molecule has 2 N–H and O–H groups in total. The molecule has 8 nitrogen and oxygen atoms in total. The van der Waals surface area contributed by atoms with Crippen LogP contribution in [0.4, 0.5) is 5.88 Å². The Morgan fingerprint density at radius 1 is 1.14 bits per heavy atom. The highest BCUT2D eigenvalue weighted by molar-refractivity contribution is 7.89. The van der Waals surface area contributed by atoms with Crippen LogP contribution in [0.3, 0.4) is 0 Å². The monoisotopic (exact) mass is 403 g/mol. The summed E-state index contributed by atoms with van der Waals surface area (Å²) in [7, 11) is -3.79. The number of anilines is 1. The van der Waals surface area contributed by atoms with E-state index in [2.05, 4.69) is 15.2 Å². The molecule has 2 heterocycles. The largest absolute Gasteiger partial charge is 0.465 e. The minimum absolute atomic E-state index is 0.0449. The lowest BCUT2D eigenvalue weighted by Gasteiger charge is -2.11. The molecule has 0 bridgehead atoms. The Morgan fingerprint density at radius 2 is 1.89 bits per heavy atom. The first-order valence-corrected chi connectivity index (χ1v) is 10.1. The van der Waals surface area contributed by atoms with Crippen LogP contribution in [-0.4, -0.2) is 19.5 Å². The summed E-state index contributed by atoms with van der Waals surface area (Å²) in [6.45, 7) is 6.62. The van der Waals surface area contributed by atoms with Crippen LogP contribution in [0.25, 0.3) is 11.1 Å². The number of hydrogen-bond donors (Lipinski definition) is 2. The standard InChI is InChI=1S/C19H21N3O5S/c1-11-5-7-15(18-13(3)22-27-19(18)21-14(4)23)9-17(11)28(24,25)20-10-16-8-6-12(2)26-16/h5-9,20H,10H2,1-4H3,(H,21,23). The highest BCUT2D eigenvalue weighted by Gasteiger charge is 2.22. The van der Waals surface area contributed by atoms with Crippen molar-refractivity contribution in [1.82, 2.24) is 9.88 Å². The van der Waals surface area contributed by atoms with Crippen molar-refractivity contribution in [1.29, 1.82) is 0 Å². The Labute approximate surface area is 163 Å². The normalized spacial score (nSPS) is 11.6. The van der Waals surface area contributed by atoms with Gasteiger partial charge in [0.15, 0.2) is 0 Å². The maximum Gasteiger partial charge on any atom is 0.241 e. The molecular weight excluding hydrogens is 382 g/mol. The number of furan rings is 1. The third-order valence-electron chi connectivity index (χ3n) is 4.15. The molecule has 0 aliphatic heterocycles. The van der Waals surface area contributed by atoms with Gasteiger partial charge in [-0.1, -0.05) is 17.3 Å². The average Bonchev–Trinajstić information content (AvgIpc) is 3.19. The molecule has 148 valence electrons. The number of amides is 1. The minimum Gasteiger partial charge on any atom is -0.465 e. The van der Waals surface area contributed by atoms with Crippen molar-refractivity contribution >= 4 is 21.8 Å². The van der Waals surface area contributed by atoms with E-state index in [0.717, 1.165) is 0 Å². The fourth-order valence-electron chi connectivity index (χ4n) is 2.82. The maximum atomic E-state index is 12.8. The Bertz CT molecular complexity index is 1130. The number of nitrogens with one attached hydrogen (secondary N) is 2. The van der Waals surface area contributed by atoms with Crippen molar-refractivity contribution in [3.8, 4) is 11.1 Å². The van der Waals surface area contributed by atoms with Gasteiger partial charge in [-0.15, -0.1) is 0 Å². The van der Waals surface area contributed by atoms with Gasteiger partial charge in [0.25, 0.3) is 0 Å². The lowest BCUT2D eigenvalue weighted by Crippen LogP contribution is -2.23. The number of nitrogens with zero attached hydrogens (tertiary/aromatic N) is 1. The number of aryl methyl sites for hydroxylation is 3. The first-order valence-electron chi connectivity index (χ1n) is 8.57. The van der Waals surface area contributed by atoms with Gasteiger partial charge in [-0.2, -0.15) is 0 Å². The van der Waals surface area contributed by atoms with Gasteiger partial charge in [-0.25, -0.2) is 13.1 Å². The van der Waals surface area contributed by atoms with Gasteiger partial charge in [0.1, 0.15) is 11.5 Å². The van der Waals surface area contributed by atoms with Gasteiger partial charge >= 0.3 is 0 Å². The van der Waals surface area contributed by atoms with Gasteiger partial charge < -0.3 is 8.94 Å². The second kappa shape index (κ2) is 7.61. The van der Waals surface area contributed by atoms with Crippen molar-refractivity contribution in [3.05, 3.63) is 53.1 Å². The second-order valence-corrected chi connectivity index (χ2v) is 8.21. The second-order valence-electron chi connectivity index (χ2n) is 6.47. The molecule has 3 rings (SSSR count). The van der Waals surface area contributed by atoms with E-state index < -0.39 is 10.0 Å². The molecular formula is C19H21N3O5S. The zero-order valence-corrected chi connectivity index (χ0v) is 16.8. The molecule has 0 aliphatic carbocycles. The van der Waals surface area contributed by atoms with Crippen LogP contribution in [0.5, 0.6) is 0 Å². The topological polar surface area (TPSA) is 114 Å². The van der Waals surface area contributed by atoms with Crippen molar-refractivity contribution in [2.45, 2.75) is 39.1 Å². The molecule has 28 heavy (non-hydrogen) atoms. The van der Waals surface area contributed by atoms with E-state index in [1.807, 2.05) is 0 Å². The lowest BCUT2D eigenvalue weighted by molar-refractivity contribution is -0.114. The van der Waals surface area contributed by atoms with Crippen molar-refractivity contribution < 1.29 is 22.2 Å². The number of carbonyl (C=O) groups is 1. The summed E-state index contributed by atoms with van der Waals surface area (Å²) in [5.41, 5.74) is 2.23. The van der Waals surface area contributed by atoms with Crippen molar-refractivity contribution in [2.24, 2.45) is 0 Å². The van der Waals surface area contributed by atoms with Gasteiger partial charge in [0.2, 0.25) is 21.8 Å². The van der Waals surface area contributed by atoms with Crippen LogP contribution in [-0.2, 0) is 21.4 Å². The van der Waals surface area contributed by atoms with Crippen LogP contribution in [0.1, 0.15) is 29.7 Å². The molecule has 0 saturated heterocycles. The third-order valence-corrected chi connectivity index (χ3v) is 5.69. The van der Waals surface area contributed by atoms with E-state index in [9.17, 15) is 13.2 Å². The zero-order chi connectivity index (χ0) is 20.5. The smallest absolute Gasteiger partial charge is 0.241 e. The molecule has 9 heteroatoms. The molecule has 0 spiro atoms. The molecule has 0 aliphatic rings. The molecule has 1 amide bonds. The van der Waals surface area contributed by atoms with E-state index in [1.54, 1.807) is 45.0 Å². The van der Waals surface area contributed by atoms with E-state index in [1.165, 1.54) is 13.0 Å². The van der Waals surface area contributed by atoms with Crippen LogP contribution in [0.2, 0.25) is 0 Å². The molecule has 3 aromatic rings. The van der Waals surface area contributed by atoms with Crippen LogP contribution >= 0.6 is 0 Å². The van der Waals surface area contributed by atoms with Crippen molar-refractivity contribution in [3.63, 3.8) is 0 Å². The number of aromatic nitrogens is 1. The molecule has 0 radical (unpaired) electrons. The number of rotatable bonds is 6. The van der Waals surface area contributed by atoms with Gasteiger partial charge in [0, 0.05) is 6.92 Å². The van der Waals surface area contributed by atoms with Gasteiger partial charge in [-0.05, 0) is 50.1 Å². The molecule has 1 aromatic carbocycles. The van der Waals surface area contributed by atoms with E-state index in [4.69, 9.17) is 8.94 Å². The van der Waals surface area contributed by atoms with Gasteiger partial charge in [-0.3, -0.25) is 10.1 Å². The summed E-state index contributed by atoms with van der Waals surface area (Å²) in [6.07, 6.45) is 0. The lowest BCUT2D eigenvalue weighted by atomic mass is 10.0. The summed E-state index contributed by atoms with van der Waals surface area (Å²) in [6, 6.07) is 8.49. The number of sulfonamides is 1. The first kappa shape index (κ1) is 19.8. The quantitative estimate of drug-likeness (QED) is 0.653. The minimum atomic E-state index is -3.79. The molecule has 2 aromatic heterocycles. The predicted molar refractivity (Wildman–Crippen MR) is 103 cm³/mol. The summed E-state index contributed by atoms with van der Waals surface area (Å²) >= 11 is 0. The fourth-order valence-corrected chi connectivity index (χ4v) is 4.09. The summed E-state index contributed by atoms with van der Waals surface area (Å²) in [4.78, 5) is 11.5. The number of benzene rings is 1.